The minimum Gasteiger partial charge on any atom is -0.480 e. The number of carbonyl (C=O) groups is 1. The van der Waals surface area contributed by atoms with E-state index in [0.29, 0.717) is 15.7 Å². The Labute approximate surface area is 98.0 Å². The van der Waals surface area contributed by atoms with Gasteiger partial charge in [-0.3, -0.25) is 4.79 Å². The lowest BCUT2D eigenvalue weighted by Crippen LogP contribution is -2.25. The first kappa shape index (κ1) is 12.1. The van der Waals surface area contributed by atoms with E-state index < -0.39 is 12.0 Å². The highest BCUT2D eigenvalue weighted by atomic mass is 35.5. The number of carboxylic acid groups (broad SMARTS) is 1. The van der Waals surface area contributed by atoms with Crippen molar-refractivity contribution in [2.24, 2.45) is 0 Å². The van der Waals surface area contributed by atoms with Gasteiger partial charge in [0.1, 0.15) is 6.04 Å². The molecule has 0 radical (unpaired) electrons. The Kier molecular flexibility index (Phi) is 3.83. The van der Waals surface area contributed by atoms with Crippen molar-refractivity contribution in [3.8, 4) is 0 Å². The minimum absolute atomic E-state index is 0.463. The first-order chi connectivity index (χ1) is 6.91. The number of carboxylic acids is 1. The lowest BCUT2D eigenvalue weighted by Gasteiger charge is -2.13. The predicted octanol–water partition coefficient (Wildman–Crippen LogP) is 3.19. The Morgan fingerprint density at radius 3 is 2.53 bits per heavy atom. The van der Waals surface area contributed by atoms with Crippen LogP contribution in [0.2, 0.25) is 10.0 Å². The number of hydrogen-bond donors (Lipinski definition) is 2. The topological polar surface area (TPSA) is 49.3 Å². The molecule has 1 aromatic rings. The maximum absolute atomic E-state index is 10.6. The standard InChI is InChI=1S/C10H11Cl2NO2/c1-5-3-8(12)9(4-7(5)11)13-6(2)10(14)15/h3-4,6,13H,1-2H3,(H,14,15). The van der Waals surface area contributed by atoms with Crippen molar-refractivity contribution < 1.29 is 9.90 Å². The largest absolute Gasteiger partial charge is 0.480 e. The minimum atomic E-state index is -0.942. The van der Waals surface area contributed by atoms with Crippen molar-refractivity contribution in [1.29, 1.82) is 0 Å². The Bertz CT molecular complexity index is 393. The third-order valence-corrected chi connectivity index (χ3v) is 2.71. The van der Waals surface area contributed by atoms with Crippen molar-refractivity contribution in [1.82, 2.24) is 0 Å². The molecule has 1 rings (SSSR count). The van der Waals surface area contributed by atoms with Crippen molar-refractivity contribution in [3.05, 3.63) is 27.7 Å². The van der Waals surface area contributed by atoms with E-state index in [1.54, 1.807) is 12.1 Å². The molecule has 2 N–H and O–H groups in total. The molecular weight excluding hydrogens is 237 g/mol. The zero-order valence-corrected chi connectivity index (χ0v) is 9.86. The molecule has 3 nitrogen and oxygen atoms in total. The van der Waals surface area contributed by atoms with Gasteiger partial charge in [-0.2, -0.15) is 0 Å². The summed E-state index contributed by atoms with van der Waals surface area (Å²) in [6.45, 7) is 3.37. The second-order valence-electron chi connectivity index (χ2n) is 3.29. The molecule has 5 heteroatoms. The monoisotopic (exact) mass is 247 g/mol. The number of benzene rings is 1. The zero-order chi connectivity index (χ0) is 11.6. The fourth-order valence-corrected chi connectivity index (χ4v) is 1.49. The molecule has 0 bridgehead atoms. The summed E-state index contributed by atoms with van der Waals surface area (Å²) >= 11 is 11.8. The molecule has 82 valence electrons. The summed E-state index contributed by atoms with van der Waals surface area (Å²) in [5.74, 6) is -0.942. The van der Waals surface area contributed by atoms with Gasteiger partial charge in [0.05, 0.1) is 10.7 Å². The fourth-order valence-electron chi connectivity index (χ4n) is 1.05. The van der Waals surface area contributed by atoms with E-state index in [1.807, 2.05) is 6.92 Å². The first-order valence-corrected chi connectivity index (χ1v) is 5.12. The van der Waals surface area contributed by atoms with Crippen LogP contribution in [0.4, 0.5) is 5.69 Å². The number of aryl methyl sites for hydroxylation is 1. The van der Waals surface area contributed by atoms with Gasteiger partial charge in [0.25, 0.3) is 0 Å². The molecule has 0 amide bonds. The average molecular weight is 248 g/mol. The normalized spacial score (nSPS) is 12.3. The van der Waals surface area contributed by atoms with E-state index in [0.717, 1.165) is 5.56 Å². The SMILES string of the molecule is Cc1cc(Cl)c(NC(C)C(=O)O)cc1Cl. The molecule has 1 unspecified atom stereocenters. The number of hydrogen-bond acceptors (Lipinski definition) is 2. The second-order valence-corrected chi connectivity index (χ2v) is 4.10. The first-order valence-electron chi connectivity index (χ1n) is 4.37. The maximum Gasteiger partial charge on any atom is 0.325 e. The summed E-state index contributed by atoms with van der Waals surface area (Å²) < 4.78 is 0. The Morgan fingerprint density at radius 2 is 2.00 bits per heavy atom. The van der Waals surface area contributed by atoms with Gasteiger partial charge < -0.3 is 10.4 Å². The van der Waals surface area contributed by atoms with Crippen LogP contribution in [0.25, 0.3) is 0 Å². The van der Waals surface area contributed by atoms with E-state index in [-0.39, 0.29) is 0 Å². The van der Waals surface area contributed by atoms with E-state index in [9.17, 15) is 4.79 Å². The molecule has 0 aliphatic rings. The number of anilines is 1. The fraction of sp³-hybridized carbons (Fsp3) is 0.300. The van der Waals surface area contributed by atoms with Crippen LogP contribution in [0.3, 0.4) is 0 Å². The molecule has 15 heavy (non-hydrogen) atoms. The van der Waals surface area contributed by atoms with E-state index in [1.165, 1.54) is 6.92 Å². The summed E-state index contributed by atoms with van der Waals surface area (Å²) in [6, 6.07) is 2.61. The molecule has 1 aromatic carbocycles. The highest BCUT2D eigenvalue weighted by molar-refractivity contribution is 6.35. The van der Waals surface area contributed by atoms with Gasteiger partial charge in [-0.1, -0.05) is 23.2 Å². The van der Waals surface area contributed by atoms with Crippen molar-refractivity contribution >= 4 is 34.9 Å². The van der Waals surface area contributed by atoms with Crippen molar-refractivity contribution in [3.63, 3.8) is 0 Å². The molecule has 0 aliphatic heterocycles. The molecule has 0 saturated carbocycles. The number of halogens is 2. The molecule has 0 aromatic heterocycles. The van der Waals surface area contributed by atoms with Gasteiger partial charge in [-0.15, -0.1) is 0 Å². The van der Waals surface area contributed by atoms with Crippen LogP contribution in [-0.4, -0.2) is 17.1 Å². The smallest absolute Gasteiger partial charge is 0.325 e. The van der Waals surface area contributed by atoms with Crippen LogP contribution in [0.15, 0.2) is 12.1 Å². The highest BCUT2D eigenvalue weighted by Crippen LogP contribution is 2.29. The third kappa shape index (κ3) is 3.01. The van der Waals surface area contributed by atoms with Crippen LogP contribution < -0.4 is 5.32 Å². The van der Waals surface area contributed by atoms with E-state index in [4.69, 9.17) is 28.3 Å². The maximum atomic E-state index is 10.6. The van der Waals surface area contributed by atoms with Crippen LogP contribution >= 0.6 is 23.2 Å². The lowest BCUT2D eigenvalue weighted by atomic mass is 10.2. The molecule has 0 heterocycles. The highest BCUT2D eigenvalue weighted by Gasteiger charge is 2.12. The van der Waals surface area contributed by atoms with Gasteiger partial charge in [0.15, 0.2) is 0 Å². The van der Waals surface area contributed by atoms with Gasteiger partial charge in [-0.25, -0.2) is 0 Å². The number of nitrogens with one attached hydrogen (secondary N) is 1. The van der Waals surface area contributed by atoms with Crippen LogP contribution in [0, 0.1) is 6.92 Å². The molecule has 0 fully saturated rings. The average Bonchev–Trinajstić information content (AvgIpc) is 2.13. The molecule has 0 aliphatic carbocycles. The predicted molar refractivity (Wildman–Crippen MR) is 61.9 cm³/mol. The van der Waals surface area contributed by atoms with E-state index >= 15 is 0 Å². The summed E-state index contributed by atoms with van der Waals surface area (Å²) in [6.07, 6.45) is 0. The Balaban J connectivity index is 2.95. The number of aliphatic carboxylic acids is 1. The Hall–Kier alpha value is -0.930. The summed E-state index contributed by atoms with van der Waals surface area (Å²) in [7, 11) is 0. The third-order valence-electron chi connectivity index (χ3n) is 1.99. The summed E-state index contributed by atoms with van der Waals surface area (Å²) in [5, 5.41) is 12.5. The van der Waals surface area contributed by atoms with Crippen LogP contribution in [0.1, 0.15) is 12.5 Å². The molecular formula is C10H11Cl2NO2. The lowest BCUT2D eigenvalue weighted by molar-refractivity contribution is -0.137. The van der Waals surface area contributed by atoms with Gasteiger partial charge >= 0.3 is 5.97 Å². The van der Waals surface area contributed by atoms with E-state index in [2.05, 4.69) is 5.32 Å². The Morgan fingerprint density at radius 1 is 1.40 bits per heavy atom. The second kappa shape index (κ2) is 4.73. The van der Waals surface area contributed by atoms with Crippen LogP contribution in [0.5, 0.6) is 0 Å². The van der Waals surface area contributed by atoms with Gasteiger partial charge in [0, 0.05) is 5.02 Å². The summed E-state index contributed by atoms with van der Waals surface area (Å²) in [4.78, 5) is 10.6. The summed E-state index contributed by atoms with van der Waals surface area (Å²) in [5.41, 5.74) is 1.39. The van der Waals surface area contributed by atoms with Crippen LogP contribution in [-0.2, 0) is 4.79 Å². The molecule has 0 spiro atoms. The molecule has 1 atom stereocenters. The zero-order valence-electron chi connectivity index (χ0n) is 8.34. The number of rotatable bonds is 3. The molecule has 0 saturated heterocycles. The quantitative estimate of drug-likeness (QED) is 0.863. The van der Waals surface area contributed by atoms with Gasteiger partial charge in [-0.05, 0) is 31.5 Å². The van der Waals surface area contributed by atoms with Crippen molar-refractivity contribution in [2.45, 2.75) is 19.9 Å². The van der Waals surface area contributed by atoms with Gasteiger partial charge in [0.2, 0.25) is 0 Å². The van der Waals surface area contributed by atoms with Crippen molar-refractivity contribution in [2.75, 3.05) is 5.32 Å².